The molecule has 0 spiro atoms. The number of rotatable bonds is 5. The molecule has 8 nitrogen and oxygen atoms in total. The third-order valence-corrected chi connectivity index (χ3v) is 6.25. The Morgan fingerprint density at radius 3 is 2.50 bits per heavy atom. The van der Waals surface area contributed by atoms with E-state index in [1.165, 1.54) is 4.31 Å². The number of aromatic nitrogens is 4. The van der Waals surface area contributed by atoms with Crippen molar-refractivity contribution in [1.82, 2.24) is 28.5 Å². The Balaban J connectivity index is 1.57. The van der Waals surface area contributed by atoms with Gasteiger partial charge < -0.3 is 4.98 Å². The summed E-state index contributed by atoms with van der Waals surface area (Å²) >= 11 is 0. The maximum Gasteiger partial charge on any atom is 0.281 e. The monoisotopic (exact) mass is 350 g/mol. The number of hydrogen-bond acceptors (Lipinski definition) is 5. The highest BCUT2D eigenvalue weighted by molar-refractivity contribution is 7.86. The standard InChI is InChI=1S/C15H22N6O2S/c1-20(2)24(22,23)21-7-3-12(4-8-21)9-13-10-19-14(11-18-13)15-16-5-6-17-15/h5-6,10-12H,3-4,7-9H2,1-2H3,(H,16,17). The Hall–Kier alpha value is -1.84. The van der Waals surface area contributed by atoms with Gasteiger partial charge in [0, 0.05) is 45.8 Å². The van der Waals surface area contributed by atoms with Crippen LogP contribution in [0.4, 0.5) is 0 Å². The minimum Gasteiger partial charge on any atom is -0.343 e. The van der Waals surface area contributed by atoms with E-state index < -0.39 is 10.2 Å². The van der Waals surface area contributed by atoms with Gasteiger partial charge in [0.1, 0.15) is 5.69 Å². The Bertz CT molecular complexity index is 750. The van der Waals surface area contributed by atoms with E-state index in [-0.39, 0.29) is 0 Å². The van der Waals surface area contributed by atoms with Crippen LogP contribution in [-0.2, 0) is 16.6 Å². The van der Waals surface area contributed by atoms with Crippen LogP contribution in [0.5, 0.6) is 0 Å². The first kappa shape index (κ1) is 17.0. The van der Waals surface area contributed by atoms with Gasteiger partial charge in [-0.25, -0.2) is 9.97 Å². The highest BCUT2D eigenvalue weighted by Gasteiger charge is 2.29. The van der Waals surface area contributed by atoms with Gasteiger partial charge >= 0.3 is 0 Å². The maximum atomic E-state index is 12.1. The van der Waals surface area contributed by atoms with Crippen LogP contribution in [0.2, 0.25) is 0 Å². The summed E-state index contributed by atoms with van der Waals surface area (Å²) in [6.45, 7) is 1.12. The van der Waals surface area contributed by atoms with Crippen LogP contribution < -0.4 is 0 Å². The maximum absolute atomic E-state index is 12.1. The van der Waals surface area contributed by atoms with Crippen molar-refractivity contribution in [2.24, 2.45) is 5.92 Å². The lowest BCUT2D eigenvalue weighted by Gasteiger charge is -2.32. The number of piperidine rings is 1. The summed E-state index contributed by atoms with van der Waals surface area (Å²) < 4.78 is 27.1. The first-order chi connectivity index (χ1) is 11.5. The normalized spacial score (nSPS) is 17.5. The second-order valence-corrected chi connectivity index (χ2v) is 8.31. The van der Waals surface area contributed by atoms with Gasteiger partial charge in [-0.3, -0.25) is 4.98 Å². The molecule has 0 saturated carbocycles. The second-order valence-electron chi connectivity index (χ2n) is 6.17. The molecule has 2 aromatic heterocycles. The van der Waals surface area contributed by atoms with Crippen molar-refractivity contribution in [2.75, 3.05) is 27.2 Å². The molecule has 1 N–H and O–H groups in total. The van der Waals surface area contributed by atoms with Gasteiger partial charge in [-0.2, -0.15) is 17.0 Å². The van der Waals surface area contributed by atoms with Gasteiger partial charge in [0.15, 0.2) is 5.82 Å². The number of H-pyrrole nitrogens is 1. The summed E-state index contributed by atoms with van der Waals surface area (Å²) in [6, 6.07) is 0. The molecule has 0 aliphatic carbocycles. The topological polar surface area (TPSA) is 95.1 Å². The van der Waals surface area contributed by atoms with Crippen molar-refractivity contribution in [3.05, 3.63) is 30.5 Å². The SMILES string of the molecule is CN(C)S(=O)(=O)N1CCC(Cc2cnc(-c3ncc[nH]3)cn2)CC1. The molecule has 0 atom stereocenters. The van der Waals surface area contributed by atoms with Gasteiger partial charge in [-0.05, 0) is 25.2 Å². The van der Waals surface area contributed by atoms with Crippen molar-refractivity contribution in [1.29, 1.82) is 0 Å². The van der Waals surface area contributed by atoms with Crippen LogP contribution >= 0.6 is 0 Å². The molecule has 130 valence electrons. The van der Waals surface area contributed by atoms with Crippen molar-refractivity contribution >= 4 is 10.2 Å². The highest BCUT2D eigenvalue weighted by Crippen LogP contribution is 2.23. The van der Waals surface area contributed by atoms with E-state index in [0.29, 0.717) is 24.8 Å². The molecule has 3 rings (SSSR count). The van der Waals surface area contributed by atoms with Gasteiger partial charge in [0.2, 0.25) is 0 Å². The largest absolute Gasteiger partial charge is 0.343 e. The lowest BCUT2D eigenvalue weighted by Crippen LogP contribution is -2.44. The quantitative estimate of drug-likeness (QED) is 0.865. The molecule has 1 fully saturated rings. The van der Waals surface area contributed by atoms with Crippen molar-refractivity contribution < 1.29 is 8.42 Å². The molecular weight excluding hydrogens is 328 g/mol. The van der Waals surface area contributed by atoms with E-state index in [2.05, 4.69) is 19.9 Å². The number of imidazole rings is 1. The van der Waals surface area contributed by atoms with Gasteiger partial charge in [-0.1, -0.05) is 0 Å². The summed E-state index contributed by atoms with van der Waals surface area (Å²) in [5.74, 6) is 1.14. The van der Waals surface area contributed by atoms with Crippen LogP contribution in [0.15, 0.2) is 24.8 Å². The average molecular weight is 350 g/mol. The molecule has 3 heterocycles. The third kappa shape index (κ3) is 3.63. The molecule has 0 amide bonds. The molecule has 0 unspecified atom stereocenters. The zero-order valence-electron chi connectivity index (χ0n) is 13.9. The number of hydrogen-bond donors (Lipinski definition) is 1. The number of nitrogens with zero attached hydrogens (tertiary/aromatic N) is 5. The van der Waals surface area contributed by atoms with Crippen LogP contribution in [0, 0.1) is 5.92 Å². The van der Waals surface area contributed by atoms with E-state index in [0.717, 1.165) is 30.7 Å². The third-order valence-electron chi connectivity index (χ3n) is 4.31. The Kier molecular flexibility index (Phi) is 4.93. The average Bonchev–Trinajstić information content (AvgIpc) is 3.10. The lowest BCUT2D eigenvalue weighted by atomic mass is 9.93. The van der Waals surface area contributed by atoms with E-state index in [9.17, 15) is 8.42 Å². The zero-order chi connectivity index (χ0) is 17.2. The summed E-state index contributed by atoms with van der Waals surface area (Å²) in [6.07, 6.45) is 9.44. The van der Waals surface area contributed by atoms with Crippen molar-refractivity contribution in [3.8, 4) is 11.5 Å². The highest BCUT2D eigenvalue weighted by atomic mass is 32.2. The summed E-state index contributed by atoms with van der Waals surface area (Å²) in [5.41, 5.74) is 1.65. The van der Waals surface area contributed by atoms with E-state index in [1.807, 2.05) is 0 Å². The molecule has 24 heavy (non-hydrogen) atoms. The van der Waals surface area contributed by atoms with Crippen LogP contribution in [-0.4, -0.2) is 64.1 Å². The molecule has 1 saturated heterocycles. The van der Waals surface area contributed by atoms with E-state index >= 15 is 0 Å². The molecule has 2 aromatic rings. The summed E-state index contributed by atoms with van der Waals surface area (Å²) in [7, 11) is -0.165. The molecule has 9 heteroatoms. The smallest absolute Gasteiger partial charge is 0.281 e. The molecule has 0 radical (unpaired) electrons. The van der Waals surface area contributed by atoms with Crippen LogP contribution in [0.25, 0.3) is 11.5 Å². The van der Waals surface area contributed by atoms with E-state index in [4.69, 9.17) is 0 Å². The Morgan fingerprint density at radius 1 is 1.21 bits per heavy atom. The molecular formula is C15H22N6O2S. The minimum absolute atomic E-state index is 0.433. The first-order valence-corrected chi connectivity index (χ1v) is 9.35. The van der Waals surface area contributed by atoms with Gasteiger partial charge in [0.05, 0.1) is 11.9 Å². The minimum atomic E-state index is -3.30. The lowest BCUT2D eigenvalue weighted by molar-refractivity contribution is 0.261. The summed E-state index contributed by atoms with van der Waals surface area (Å²) in [4.78, 5) is 16.0. The van der Waals surface area contributed by atoms with Crippen LogP contribution in [0.1, 0.15) is 18.5 Å². The zero-order valence-corrected chi connectivity index (χ0v) is 14.7. The fourth-order valence-electron chi connectivity index (χ4n) is 2.86. The first-order valence-electron chi connectivity index (χ1n) is 7.95. The fourth-order valence-corrected chi connectivity index (χ4v) is 3.99. The van der Waals surface area contributed by atoms with Crippen molar-refractivity contribution in [3.63, 3.8) is 0 Å². The van der Waals surface area contributed by atoms with E-state index in [1.54, 1.807) is 43.2 Å². The summed E-state index contributed by atoms with van der Waals surface area (Å²) in [5, 5.41) is 0. The molecule has 0 aromatic carbocycles. The van der Waals surface area contributed by atoms with Crippen molar-refractivity contribution in [2.45, 2.75) is 19.3 Å². The van der Waals surface area contributed by atoms with Gasteiger partial charge in [-0.15, -0.1) is 0 Å². The Labute approximate surface area is 142 Å². The van der Waals surface area contributed by atoms with Crippen LogP contribution in [0.3, 0.4) is 0 Å². The number of aromatic amines is 1. The second kappa shape index (κ2) is 6.96. The predicted octanol–water partition coefficient (Wildman–Crippen LogP) is 0.928. The number of nitrogens with one attached hydrogen (secondary N) is 1. The molecule has 0 bridgehead atoms. The fraction of sp³-hybridized carbons (Fsp3) is 0.533. The van der Waals surface area contributed by atoms with Gasteiger partial charge in [0.25, 0.3) is 10.2 Å². The predicted molar refractivity (Wildman–Crippen MR) is 90.2 cm³/mol. The molecule has 1 aliphatic heterocycles. The Morgan fingerprint density at radius 2 is 1.96 bits per heavy atom. The molecule has 1 aliphatic rings.